The second-order valence-electron chi connectivity index (χ2n) is 3.84. The second-order valence-corrected chi connectivity index (χ2v) is 3.84. The van der Waals surface area contributed by atoms with Gasteiger partial charge in [-0.2, -0.15) is 0 Å². The molecule has 0 unspecified atom stereocenters. The Kier molecular flexibility index (Phi) is 4.58. The van der Waals surface area contributed by atoms with Crippen LogP contribution in [0.3, 0.4) is 0 Å². The zero-order valence-electron chi connectivity index (χ0n) is 10.2. The van der Waals surface area contributed by atoms with Crippen LogP contribution in [0.1, 0.15) is 5.56 Å². The highest BCUT2D eigenvalue weighted by molar-refractivity contribution is 5.85. The Morgan fingerprint density at radius 3 is 2.84 bits per heavy atom. The average molecular weight is 262 g/mol. The number of ether oxygens (including phenoxy) is 3. The van der Waals surface area contributed by atoms with Gasteiger partial charge >= 0.3 is 5.97 Å². The number of carbonyl (C=O) groups is 1. The summed E-state index contributed by atoms with van der Waals surface area (Å²) < 4.78 is 15.8. The fraction of sp³-hybridized carbons (Fsp3) is 0.214. The standard InChI is InChI=1S/C14H14O5/c15-14(16)13-12(10-17-7-4-8-18-13)19-9-11-5-2-1-3-6-11/h1-6,8H,7,9-10H2,(H,15,16). The minimum Gasteiger partial charge on any atom is -0.487 e. The van der Waals surface area contributed by atoms with Crippen LogP contribution < -0.4 is 0 Å². The highest BCUT2D eigenvalue weighted by atomic mass is 16.6. The van der Waals surface area contributed by atoms with Crippen molar-refractivity contribution in [3.8, 4) is 0 Å². The van der Waals surface area contributed by atoms with Crippen molar-refractivity contribution in [3.63, 3.8) is 0 Å². The van der Waals surface area contributed by atoms with Gasteiger partial charge in [-0.05, 0) is 11.6 Å². The number of hydrogen-bond donors (Lipinski definition) is 1. The van der Waals surface area contributed by atoms with Gasteiger partial charge in [0, 0.05) is 0 Å². The molecule has 0 spiro atoms. The maximum atomic E-state index is 11.1. The van der Waals surface area contributed by atoms with Gasteiger partial charge in [0.25, 0.3) is 5.76 Å². The van der Waals surface area contributed by atoms with Crippen LogP contribution in [0.2, 0.25) is 0 Å². The molecule has 0 aliphatic carbocycles. The third-order valence-electron chi connectivity index (χ3n) is 2.43. The third kappa shape index (κ3) is 3.86. The van der Waals surface area contributed by atoms with Gasteiger partial charge in [0.1, 0.15) is 13.2 Å². The van der Waals surface area contributed by atoms with E-state index in [4.69, 9.17) is 19.3 Å². The van der Waals surface area contributed by atoms with E-state index in [9.17, 15) is 4.79 Å². The fourth-order valence-electron chi connectivity index (χ4n) is 1.53. The van der Waals surface area contributed by atoms with Crippen LogP contribution in [0.5, 0.6) is 0 Å². The van der Waals surface area contributed by atoms with Gasteiger partial charge in [0.15, 0.2) is 5.76 Å². The lowest BCUT2D eigenvalue weighted by Crippen LogP contribution is -2.14. The zero-order valence-corrected chi connectivity index (χ0v) is 10.2. The molecule has 1 aliphatic rings. The van der Waals surface area contributed by atoms with Gasteiger partial charge < -0.3 is 19.3 Å². The van der Waals surface area contributed by atoms with E-state index in [0.717, 1.165) is 5.56 Å². The summed E-state index contributed by atoms with van der Waals surface area (Å²) in [7, 11) is 0. The lowest BCUT2D eigenvalue weighted by molar-refractivity contribution is -0.136. The number of carboxylic acid groups (broad SMARTS) is 1. The molecule has 1 aromatic carbocycles. The molecule has 100 valence electrons. The maximum absolute atomic E-state index is 11.1. The monoisotopic (exact) mass is 262 g/mol. The summed E-state index contributed by atoms with van der Waals surface area (Å²) >= 11 is 0. The topological polar surface area (TPSA) is 65.0 Å². The van der Waals surface area contributed by atoms with Crippen LogP contribution in [-0.4, -0.2) is 24.3 Å². The normalized spacial score (nSPS) is 15.4. The van der Waals surface area contributed by atoms with E-state index < -0.39 is 5.97 Å². The summed E-state index contributed by atoms with van der Waals surface area (Å²) in [5.41, 5.74) is 0.942. The first-order chi connectivity index (χ1) is 9.27. The Labute approximate surface area is 110 Å². The van der Waals surface area contributed by atoms with Crippen LogP contribution in [0.25, 0.3) is 0 Å². The lowest BCUT2D eigenvalue weighted by Gasteiger charge is -2.15. The van der Waals surface area contributed by atoms with Crippen molar-refractivity contribution in [1.29, 1.82) is 0 Å². The van der Waals surface area contributed by atoms with E-state index in [1.165, 1.54) is 6.26 Å². The van der Waals surface area contributed by atoms with Crippen molar-refractivity contribution >= 4 is 5.97 Å². The summed E-state index contributed by atoms with van der Waals surface area (Å²) in [5, 5.41) is 9.07. The van der Waals surface area contributed by atoms with E-state index >= 15 is 0 Å². The van der Waals surface area contributed by atoms with Crippen LogP contribution in [0.15, 0.2) is 54.2 Å². The molecule has 5 nitrogen and oxygen atoms in total. The SMILES string of the molecule is O=C(O)C1=C(OCc2ccccc2)COCC=CO1. The molecule has 1 aliphatic heterocycles. The predicted molar refractivity (Wildman–Crippen MR) is 66.9 cm³/mol. The van der Waals surface area contributed by atoms with Crippen LogP contribution in [0, 0.1) is 0 Å². The number of carboxylic acids is 1. The van der Waals surface area contributed by atoms with E-state index in [1.54, 1.807) is 6.08 Å². The third-order valence-corrected chi connectivity index (χ3v) is 2.43. The van der Waals surface area contributed by atoms with E-state index in [2.05, 4.69) is 0 Å². The molecule has 5 heteroatoms. The molecule has 1 heterocycles. The molecule has 0 saturated carbocycles. The summed E-state index contributed by atoms with van der Waals surface area (Å²) in [4.78, 5) is 11.1. The largest absolute Gasteiger partial charge is 0.487 e. The molecule has 0 aromatic heterocycles. The van der Waals surface area contributed by atoms with Gasteiger partial charge in [-0.1, -0.05) is 30.3 Å². The summed E-state index contributed by atoms with van der Waals surface area (Å²) in [6.45, 7) is 0.688. The molecular weight excluding hydrogens is 248 g/mol. The summed E-state index contributed by atoms with van der Waals surface area (Å²) in [6.07, 6.45) is 2.88. The Morgan fingerprint density at radius 1 is 1.32 bits per heavy atom. The Hall–Kier alpha value is -2.27. The molecule has 0 saturated heterocycles. The molecule has 1 aromatic rings. The van der Waals surface area contributed by atoms with Crippen molar-refractivity contribution in [2.24, 2.45) is 0 Å². The number of benzene rings is 1. The first kappa shape index (κ1) is 13.2. The minimum absolute atomic E-state index is 0.0683. The molecule has 0 radical (unpaired) electrons. The first-order valence-corrected chi connectivity index (χ1v) is 5.80. The van der Waals surface area contributed by atoms with Gasteiger partial charge in [-0.3, -0.25) is 0 Å². The van der Waals surface area contributed by atoms with Gasteiger partial charge in [0.2, 0.25) is 0 Å². The minimum atomic E-state index is -1.18. The van der Waals surface area contributed by atoms with Crippen molar-refractivity contribution < 1.29 is 24.1 Å². The maximum Gasteiger partial charge on any atom is 0.375 e. The van der Waals surface area contributed by atoms with Crippen LogP contribution in [0.4, 0.5) is 0 Å². The highest BCUT2D eigenvalue weighted by Gasteiger charge is 2.19. The van der Waals surface area contributed by atoms with Crippen molar-refractivity contribution in [1.82, 2.24) is 0 Å². The lowest BCUT2D eigenvalue weighted by atomic mass is 10.2. The van der Waals surface area contributed by atoms with Crippen LogP contribution >= 0.6 is 0 Å². The molecule has 0 atom stereocenters. The predicted octanol–water partition coefficient (Wildman–Crippen LogP) is 2.06. The zero-order chi connectivity index (χ0) is 13.5. The molecular formula is C14H14O5. The second kappa shape index (κ2) is 6.61. The molecule has 0 fully saturated rings. The Bertz CT molecular complexity index is 490. The quantitative estimate of drug-likeness (QED) is 0.899. The molecule has 19 heavy (non-hydrogen) atoms. The first-order valence-electron chi connectivity index (χ1n) is 5.80. The van der Waals surface area contributed by atoms with Gasteiger partial charge in [-0.15, -0.1) is 0 Å². The number of rotatable bonds is 4. The highest BCUT2D eigenvalue weighted by Crippen LogP contribution is 2.14. The van der Waals surface area contributed by atoms with Crippen molar-refractivity contribution in [2.75, 3.05) is 13.2 Å². The van der Waals surface area contributed by atoms with E-state index in [0.29, 0.717) is 6.61 Å². The molecule has 2 rings (SSSR count). The summed E-state index contributed by atoms with van der Waals surface area (Å²) in [6, 6.07) is 9.47. The molecule has 0 bridgehead atoms. The fourth-order valence-corrected chi connectivity index (χ4v) is 1.53. The summed E-state index contributed by atoms with van der Waals surface area (Å²) in [5.74, 6) is -1.24. The number of hydrogen-bond acceptors (Lipinski definition) is 4. The Balaban J connectivity index is 2.10. The van der Waals surface area contributed by atoms with E-state index in [1.807, 2.05) is 30.3 Å². The van der Waals surface area contributed by atoms with Crippen molar-refractivity contribution in [3.05, 3.63) is 59.8 Å². The average Bonchev–Trinajstić information content (AvgIpc) is 2.38. The van der Waals surface area contributed by atoms with Crippen molar-refractivity contribution in [2.45, 2.75) is 6.61 Å². The van der Waals surface area contributed by atoms with Crippen LogP contribution in [-0.2, 0) is 25.6 Å². The number of aliphatic carboxylic acids is 1. The molecule has 0 amide bonds. The Morgan fingerprint density at radius 2 is 2.11 bits per heavy atom. The van der Waals surface area contributed by atoms with Gasteiger partial charge in [0.05, 0.1) is 12.9 Å². The van der Waals surface area contributed by atoms with E-state index in [-0.39, 0.29) is 24.7 Å². The van der Waals surface area contributed by atoms with Gasteiger partial charge in [-0.25, -0.2) is 4.79 Å². The smallest absolute Gasteiger partial charge is 0.375 e. The molecule has 1 N–H and O–H groups in total.